The third-order valence-electron chi connectivity index (χ3n) is 5.57. The van der Waals surface area contributed by atoms with Gasteiger partial charge in [0.1, 0.15) is 16.4 Å². The fraction of sp³-hybridized carbons (Fsp3) is 0.450. The lowest BCUT2D eigenvalue weighted by molar-refractivity contribution is 0.443. The molecule has 6 nitrogen and oxygen atoms in total. The van der Waals surface area contributed by atoms with Crippen LogP contribution in [0.4, 0.5) is 11.8 Å². The molecule has 1 aromatic carbocycles. The second-order valence-electron chi connectivity index (χ2n) is 7.52. The van der Waals surface area contributed by atoms with Gasteiger partial charge in [-0.1, -0.05) is 25.0 Å². The first-order valence-corrected chi connectivity index (χ1v) is 10.6. The molecule has 2 heterocycles. The monoisotopic (exact) mass is 381 g/mol. The van der Waals surface area contributed by atoms with E-state index in [0.717, 1.165) is 40.9 Å². The van der Waals surface area contributed by atoms with Crippen molar-refractivity contribution < 1.29 is 0 Å². The van der Waals surface area contributed by atoms with E-state index >= 15 is 0 Å². The van der Waals surface area contributed by atoms with Crippen molar-refractivity contribution in [2.45, 2.75) is 57.0 Å². The maximum absolute atomic E-state index is 13.0. The average Bonchev–Trinajstić information content (AvgIpc) is 3.27. The molecule has 0 aliphatic heterocycles. The fourth-order valence-electron chi connectivity index (χ4n) is 3.83. The molecule has 2 saturated carbocycles. The highest BCUT2D eigenvalue weighted by Crippen LogP contribution is 2.33. The van der Waals surface area contributed by atoms with Crippen LogP contribution in [0.1, 0.15) is 44.9 Å². The molecule has 2 fully saturated rings. The number of nitrogens with one attached hydrogen (secondary N) is 3. The van der Waals surface area contributed by atoms with E-state index in [1.54, 1.807) is 11.3 Å². The van der Waals surface area contributed by atoms with Crippen molar-refractivity contribution in [2.75, 3.05) is 10.6 Å². The lowest BCUT2D eigenvalue weighted by atomic mass is 9.93. The third-order valence-corrected chi connectivity index (χ3v) is 6.62. The van der Waals surface area contributed by atoms with Crippen LogP contribution in [0.2, 0.25) is 0 Å². The van der Waals surface area contributed by atoms with Crippen LogP contribution in [0, 0.1) is 0 Å². The number of nitrogens with zero attached hydrogens (tertiary/aromatic N) is 2. The first-order valence-electron chi connectivity index (χ1n) is 9.79. The Morgan fingerprint density at radius 2 is 1.70 bits per heavy atom. The van der Waals surface area contributed by atoms with Crippen molar-refractivity contribution in [3.8, 4) is 10.6 Å². The lowest BCUT2D eigenvalue weighted by Crippen LogP contribution is -2.30. The number of thiazole rings is 1. The van der Waals surface area contributed by atoms with Crippen LogP contribution in [0.3, 0.4) is 0 Å². The molecule has 0 spiro atoms. The Morgan fingerprint density at radius 3 is 2.44 bits per heavy atom. The summed E-state index contributed by atoms with van der Waals surface area (Å²) < 4.78 is 1.08. The number of hydrogen-bond donors (Lipinski definition) is 3. The third kappa shape index (κ3) is 3.32. The predicted molar refractivity (Wildman–Crippen MR) is 111 cm³/mol. The summed E-state index contributed by atoms with van der Waals surface area (Å²) in [5.41, 5.74) is 1.34. The van der Waals surface area contributed by atoms with Crippen LogP contribution in [-0.4, -0.2) is 27.0 Å². The van der Waals surface area contributed by atoms with Gasteiger partial charge < -0.3 is 10.6 Å². The minimum Gasteiger partial charge on any atom is -0.366 e. The topological polar surface area (TPSA) is 82.7 Å². The summed E-state index contributed by atoms with van der Waals surface area (Å²) in [6.07, 6.45) is 8.20. The molecular weight excluding hydrogens is 358 g/mol. The Morgan fingerprint density at radius 1 is 0.963 bits per heavy atom. The number of aromatic amines is 1. The maximum Gasteiger partial charge on any atom is 0.264 e. The number of fused-ring (bicyclic) bond motifs is 1. The minimum atomic E-state index is -0.133. The molecule has 5 rings (SSSR count). The Bertz CT molecular complexity index is 984. The quantitative estimate of drug-likeness (QED) is 0.611. The number of aromatic nitrogens is 3. The Hall–Kier alpha value is -2.41. The van der Waals surface area contributed by atoms with Crippen LogP contribution < -0.4 is 16.2 Å². The van der Waals surface area contributed by atoms with Gasteiger partial charge in [-0.05, 0) is 44.2 Å². The molecule has 0 unspecified atom stereocenters. The molecule has 0 saturated heterocycles. The summed E-state index contributed by atoms with van der Waals surface area (Å²) in [4.78, 5) is 25.4. The first kappa shape index (κ1) is 16.7. The summed E-state index contributed by atoms with van der Waals surface area (Å²) in [5.74, 6) is 1.22. The van der Waals surface area contributed by atoms with E-state index in [-0.39, 0.29) is 5.56 Å². The van der Waals surface area contributed by atoms with Crippen LogP contribution >= 0.6 is 11.3 Å². The van der Waals surface area contributed by atoms with E-state index in [1.165, 1.54) is 19.3 Å². The van der Waals surface area contributed by atoms with Gasteiger partial charge in [-0.3, -0.25) is 9.78 Å². The molecule has 140 valence electrons. The number of para-hydroxylation sites is 1. The zero-order valence-electron chi connectivity index (χ0n) is 15.1. The smallest absolute Gasteiger partial charge is 0.264 e. The fourth-order valence-corrected chi connectivity index (χ4v) is 4.84. The minimum absolute atomic E-state index is 0.133. The number of rotatable bonds is 5. The van der Waals surface area contributed by atoms with Crippen molar-refractivity contribution in [1.82, 2.24) is 15.0 Å². The van der Waals surface area contributed by atoms with Gasteiger partial charge in [-0.15, -0.1) is 11.3 Å². The van der Waals surface area contributed by atoms with Gasteiger partial charge in [0.05, 0.1) is 10.2 Å². The van der Waals surface area contributed by atoms with Crippen molar-refractivity contribution in [3.05, 3.63) is 34.6 Å². The Labute approximate surface area is 161 Å². The molecule has 3 N–H and O–H groups in total. The summed E-state index contributed by atoms with van der Waals surface area (Å²) in [7, 11) is 0. The summed E-state index contributed by atoms with van der Waals surface area (Å²) >= 11 is 1.54. The molecule has 0 atom stereocenters. The summed E-state index contributed by atoms with van der Waals surface area (Å²) in [6.45, 7) is 0. The normalized spacial score (nSPS) is 17.9. The zero-order valence-corrected chi connectivity index (χ0v) is 15.9. The predicted octanol–water partition coefficient (Wildman–Crippen LogP) is 4.37. The van der Waals surface area contributed by atoms with E-state index in [4.69, 9.17) is 9.97 Å². The van der Waals surface area contributed by atoms with Gasteiger partial charge in [0.15, 0.2) is 0 Å². The molecule has 0 radical (unpaired) electrons. The second kappa shape index (κ2) is 6.96. The molecule has 2 aliphatic rings. The van der Waals surface area contributed by atoms with E-state index in [9.17, 15) is 4.79 Å². The van der Waals surface area contributed by atoms with Gasteiger partial charge in [-0.25, -0.2) is 4.98 Å². The van der Waals surface area contributed by atoms with Gasteiger partial charge >= 0.3 is 0 Å². The standard InChI is InChI=1S/C20H23N5OS/c26-18-16(19-23-14-10-3-4-11-15(14)27-19)17(21-12-6-1-2-7-12)24-20(25-18)22-13-8-5-9-13/h3-4,10-13H,1-2,5-9H2,(H3,21,22,24,25,26). The van der Waals surface area contributed by atoms with Crippen molar-refractivity contribution in [3.63, 3.8) is 0 Å². The number of anilines is 2. The van der Waals surface area contributed by atoms with Crippen LogP contribution in [0.25, 0.3) is 20.8 Å². The molecule has 27 heavy (non-hydrogen) atoms. The maximum atomic E-state index is 13.0. The Kier molecular flexibility index (Phi) is 4.32. The molecule has 2 aliphatic carbocycles. The van der Waals surface area contributed by atoms with Crippen molar-refractivity contribution in [2.24, 2.45) is 0 Å². The molecule has 7 heteroatoms. The highest BCUT2D eigenvalue weighted by atomic mass is 32.1. The highest BCUT2D eigenvalue weighted by Gasteiger charge is 2.24. The number of H-pyrrole nitrogens is 1. The molecule has 2 aromatic heterocycles. The summed E-state index contributed by atoms with van der Waals surface area (Å²) in [6, 6.07) is 8.78. The van der Waals surface area contributed by atoms with E-state index < -0.39 is 0 Å². The van der Waals surface area contributed by atoms with Gasteiger partial charge in [-0.2, -0.15) is 4.98 Å². The molecule has 0 bridgehead atoms. The van der Waals surface area contributed by atoms with Crippen LogP contribution in [-0.2, 0) is 0 Å². The number of hydrogen-bond acceptors (Lipinski definition) is 6. The second-order valence-corrected chi connectivity index (χ2v) is 8.55. The first-order chi connectivity index (χ1) is 13.3. The highest BCUT2D eigenvalue weighted by molar-refractivity contribution is 7.21. The zero-order chi connectivity index (χ0) is 18.2. The largest absolute Gasteiger partial charge is 0.366 e. The SMILES string of the molecule is O=c1[nH]c(NC2CCC2)nc(NC2CCCC2)c1-c1nc2ccccc2s1. The van der Waals surface area contributed by atoms with Crippen molar-refractivity contribution >= 4 is 33.3 Å². The number of benzene rings is 1. The molecule has 0 amide bonds. The van der Waals surface area contributed by atoms with Crippen LogP contribution in [0.5, 0.6) is 0 Å². The average molecular weight is 382 g/mol. The Balaban J connectivity index is 1.57. The van der Waals surface area contributed by atoms with Crippen molar-refractivity contribution in [1.29, 1.82) is 0 Å². The van der Waals surface area contributed by atoms with Crippen LogP contribution in [0.15, 0.2) is 29.1 Å². The summed E-state index contributed by atoms with van der Waals surface area (Å²) in [5, 5.41) is 7.63. The van der Waals surface area contributed by atoms with Gasteiger partial charge in [0, 0.05) is 12.1 Å². The molecular formula is C20H23N5OS. The lowest BCUT2D eigenvalue weighted by Gasteiger charge is -2.27. The van der Waals surface area contributed by atoms with E-state index in [1.807, 2.05) is 24.3 Å². The van der Waals surface area contributed by atoms with E-state index in [2.05, 4.69) is 15.6 Å². The van der Waals surface area contributed by atoms with E-state index in [0.29, 0.717) is 29.4 Å². The van der Waals surface area contributed by atoms with Gasteiger partial charge in [0.25, 0.3) is 5.56 Å². The molecule has 3 aromatic rings. The van der Waals surface area contributed by atoms with Gasteiger partial charge in [0.2, 0.25) is 5.95 Å².